The first-order chi connectivity index (χ1) is 23.9. The monoisotopic (exact) mass is 661 g/mol. The molecule has 0 saturated heterocycles. The van der Waals surface area contributed by atoms with Gasteiger partial charge in [-0.05, 0) is 55.0 Å². The van der Waals surface area contributed by atoms with E-state index in [-0.39, 0.29) is 0 Å². The lowest BCUT2D eigenvalue weighted by molar-refractivity contribution is 0.528. The zero-order chi connectivity index (χ0) is 34.0. The van der Waals surface area contributed by atoms with Crippen LogP contribution in [0.4, 0.5) is 0 Å². The number of pyridine rings is 2. The molecular formula is C46H80N2. The molecule has 0 aliphatic carbocycles. The first-order valence-corrected chi connectivity index (χ1v) is 21.7. The Morgan fingerprint density at radius 1 is 0.354 bits per heavy atom. The largest absolute Gasteiger partial charge is 0.255 e. The Hall–Kier alpha value is -1.70. The Kier molecular flexibility index (Phi) is 28.8. The lowest BCUT2D eigenvalue weighted by atomic mass is 9.94. The van der Waals surface area contributed by atoms with E-state index < -0.39 is 0 Å². The van der Waals surface area contributed by atoms with Gasteiger partial charge in [0.25, 0.3) is 0 Å². The minimum atomic E-state index is 1.04. The van der Waals surface area contributed by atoms with Crippen molar-refractivity contribution in [3.05, 3.63) is 47.8 Å². The highest BCUT2D eigenvalue weighted by atomic mass is 14.8. The van der Waals surface area contributed by atoms with Crippen molar-refractivity contribution in [2.45, 2.75) is 232 Å². The second-order valence-electron chi connectivity index (χ2n) is 15.1. The summed E-state index contributed by atoms with van der Waals surface area (Å²) < 4.78 is 0. The predicted octanol–water partition coefficient (Wildman–Crippen LogP) is 15.8. The van der Waals surface area contributed by atoms with E-state index in [2.05, 4.69) is 32.0 Å². The van der Waals surface area contributed by atoms with Crippen molar-refractivity contribution in [3.63, 3.8) is 0 Å². The van der Waals surface area contributed by atoms with Crippen LogP contribution >= 0.6 is 0 Å². The zero-order valence-corrected chi connectivity index (χ0v) is 32.4. The van der Waals surface area contributed by atoms with Crippen LogP contribution in [-0.4, -0.2) is 9.97 Å². The topological polar surface area (TPSA) is 25.8 Å². The molecule has 2 heteroatoms. The quantitative estimate of drug-likeness (QED) is 0.0688. The number of unbranched alkanes of at least 4 members (excludes halogenated alkanes) is 30. The molecule has 0 fully saturated rings. The third-order valence-corrected chi connectivity index (χ3v) is 10.6. The predicted molar refractivity (Wildman–Crippen MR) is 214 cm³/mol. The van der Waals surface area contributed by atoms with Gasteiger partial charge in [-0.15, -0.1) is 0 Å². The first-order valence-electron chi connectivity index (χ1n) is 21.7. The normalized spacial score (nSPS) is 11.5. The van der Waals surface area contributed by atoms with E-state index in [1.54, 1.807) is 0 Å². The Balaban J connectivity index is 1.57. The number of aromatic nitrogens is 2. The van der Waals surface area contributed by atoms with Gasteiger partial charge in [-0.1, -0.05) is 213 Å². The molecular weight excluding hydrogens is 581 g/mol. The van der Waals surface area contributed by atoms with Crippen molar-refractivity contribution >= 4 is 0 Å². The fraction of sp³-hybridized carbons (Fsp3) is 0.783. The van der Waals surface area contributed by atoms with Crippen LogP contribution in [0.1, 0.15) is 230 Å². The second kappa shape index (κ2) is 32.5. The molecule has 0 saturated carbocycles. The molecule has 2 nitrogen and oxygen atoms in total. The molecule has 0 N–H and O–H groups in total. The fourth-order valence-corrected chi connectivity index (χ4v) is 7.48. The molecule has 0 unspecified atom stereocenters. The molecule has 2 rings (SSSR count). The van der Waals surface area contributed by atoms with Gasteiger partial charge in [-0.2, -0.15) is 0 Å². The molecule has 0 bridgehead atoms. The van der Waals surface area contributed by atoms with Gasteiger partial charge in [0.1, 0.15) is 0 Å². The van der Waals surface area contributed by atoms with Crippen molar-refractivity contribution < 1.29 is 0 Å². The fourth-order valence-electron chi connectivity index (χ4n) is 7.48. The highest BCUT2D eigenvalue weighted by Crippen LogP contribution is 2.26. The average Bonchev–Trinajstić information content (AvgIpc) is 3.12. The number of nitrogens with zero attached hydrogens (tertiary/aromatic N) is 2. The Morgan fingerprint density at radius 3 is 1.10 bits per heavy atom. The second-order valence-corrected chi connectivity index (χ2v) is 15.1. The van der Waals surface area contributed by atoms with Gasteiger partial charge in [-0.3, -0.25) is 9.97 Å². The molecule has 274 valence electrons. The maximum absolute atomic E-state index is 4.86. The SMILES string of the molecule is CCCCCCCCCCCCCCCCCCc1ccnc(-c2ccccn2)c1CCCCCCCCCCCCCCCCCC. The van der Waals surface area contributed by atoms with E-state index in [4.69, 9.17) is 9.97 Å². The molecule has 2 heterocycles. The van der Waals surface area contributed by atoms with Crippen molar-refractivity contribution in [2.75, 3.05) is 0 Å². The highest BCUT2D eigenvalue weighted by Gasteiger charge is 2.12. The van der Waals surface area contributed by atoms with E-state index in [9.17, 15) is 0 Å². The van der Waals surface area contributed by atoms with Gasteiger partial charge in [0.2, 0.25) is 0 Å². The summed E-state index contributed by atoms with van der Waals surface area (Å²) in [4.78, 5) is 9.56. The molecule has 0 radical (unpaired) electrons. The molecule has 0 atom stereocenters. The molecule has 0 aliphatic rings. The summed E-state index contributed by atoms with van der Waals surface area (Å²) in [5.41, 5.74) is 5.17. The summed E-state index contributed by atoms with van der Waals surface area (Å²) in [6.45, 7) is 4.61. The summed E-state index contributed by atoms with van der Waals surface area (Å²) >= 11 is 0. The third kappa shape index (κ3) is 22.8. The van der Waals surface area contributed by atoms with Crippen LogP contribution in [0, 0.1) is 0 Å². The summed E-state index contributed by atoms with van der Waals surface area (Å²) in [6, 6.07) is 8.56. The molecule has 0 aliphatic heterocycles. The zero-order valence-electron chi connectivity index (χ0n) is 32.4. The molecule has 2 aromatic heterocycles. The maximum atomic E-state index is 4.86. The number of rotatable bonds is 35. The lowest BCUT2D eigenvalue weighted by Gasteiger charge is -2.14. The molecule has 0 aromatic carbocycles. The van der Waals surface area contributed by atoms with E-state index in [0.29, 0.717) is 0 Å². The Bertz CT molecular complexity index is 938. The summed E-state index contributed by atoms with van der Waals surface area (Å²) in [6.07, 6.45) is 51.8. The summed E-state index contributed by atoms with van der Waals surface area (Å²) in [7, 11) is 0. The van der Waals surface area contributed by atoms with E-state index >= 15 is 0 Å². The number of aryl methyl sites for hydroxylation is 1. The van der Waals surface area contributed by atoms with E-state index in [1.165, 1.54) is 223 Å². The smallest absolute Gasteiger partial charge is 0.0920 e. The minimum absolute atomic E-state index is 1.04. The summed E-state index contributed by atoms with van der Waals surface area (Å²) in [5, 5.41) is 0. The Labute approximate surface area is 300 Å². The Morgan fingerprint density at radius 2 is 0.729 bits per heavy atom. The minimum Gasteiger partial charge on any atom is -0.255 e. The van der Waals surface area contributed by atoms with Crippen molar-refractivity contribution in [1.29, 1.82) is 0 Å². The highest BCUT2D eigenvalue weighted by molar-refractivity contribution is 5.60. The third-order valence-electron chi connectivity index (χ3n) is 10.6. The van der Waals surface area contributed by atoms with E-state index in [0.717, 1.165) is 17.8 Å². The van der Waals surface area contributed by atoms with Gasteiger partial charge in [0.15, 0.2) is 0 Å². The number of hydrogen-bond donors (Lipinski definition) is 0. The van der Waals surface area contributed by atoms with Crippen LogP contribution < -0.4 is 0 Å². The molecule has 48 heavy (non-hydrogen) atoms. The summed E-state index contributed by atoms with van der Waals surface area (Å²) in [5.74, 6) is 0. The van der Waals surface area contributed by atoms with Crippen molar-refractivity contribution in [2.24, 2.45) is 0 Å². The van der Waals surface area contributed by atoms with Gasteiger partial charge in [-0.25, -0.2) is 0 Å². The average molecular weight is 661 g/mol. The van der Waals surface area contributed by atoms with Crippen LogP contribution in [0.25, 0.3) is 11.4 Å². The first kappa shape index (κ1) is 42.5. The van der Waals surface area contributed by atoms with Gasteiger partial charge in [0, 0.05) is 12.4 Å². The maximum Gasteiger partial charge on any atom is 0.0920 e. The van der Waals surface area contributed by atoms with Gasteiger partial charge >= 0.3 is 0 Å². The standard InChI is InChI=1S/C46H80N2/c1-3-5-7-9-11-13-15-17-19-21-23-25-27-29-31-33-37-43-40-42-48-46(45-39-35-36-41-47-45)44(43)38-34-32-30-28-26-24-22-20-18-16-14-12-10-8-6-4-2/h35-36,39-42H,3-34,37-38H2,1-2H3. The van der Waals surface area contributed by atoms with Crippen LogP contribution in [0.15, 0.2) is 36.7 Å². The molecule has 0 spiro atoms. The number of hydrogen-bond acceptors (Lipinski definition) is 2. The molecule has 0 amide bonds. The molecule has 2 aromatic rings. The van der Waals surface area contributed by atoms with Crippen LogP contribution in [0.3, 0.4) is 0 Å². The lowest BCUT2D eigenvalue weighted by Crippen LogP contribution is -2.02. The van der Waals surface area contributed by atoms with Crippen LogP contribution in [0.2, 0.25) is 0 Å². The van der Waals surface area contributed by atoms with E-state index in [1.807, 2.05) is 18.5 Å². The van der Waals surface area contributed by atoms with Crippen LogP contribution in [0.5, 0.6) is 0 Å². The van der Waals surface area contributed by atoms with Crippen molar-refractivity contribution in [1.82, 2.24) is 9.97 Å². The van der Waals surface area contributed by atoms with Crippen LogP contribution in [-0.2, 0) is 12.8 Å². The van der Waals surface area contributed by atoms with Crippen molar-refractivity contribution in [3.8, 4) is 11.4 Å². The van der Waals surface area contributed by atoms with Gasteiger partial charge < -0.3 is 0 Å². The van der Waals surface area contributed by atoms with Gasteiger partial charge in [0.05, 0.1) is 11.4 Å².